The number of nitro groups is 1. The van der Waals surface area contributed by atoms with Crippen LogP contribution in [0.4, 0.5) is 17.4 Å². The maximum absolute atomic E-state index is 12.1. The summed E-state index contributed by atoms with van der Waals surface area (Å²) >= 11 is 0. The summed E-state index contributed by atoms with van der Waals surface area (Å²) in [7, 11) is 0. The molecule has 0 aliphatic rings. The molecular formula is C12H13N5O4. The van der Waals surface area contributed by atoms with Crippen molar-refractivity contribution in [2.24, 2.45) is 0 Å². The topological polar surface area (TPSA) is 123 Å². The van der Waals surface area contributed by atoms with Gasteiger partial charge in [0.2, 0.25) is 0 Å². The molecule has 0 saturated heterocycles. The van der Waals surface area contributed by atoms with Crippen molar-refractivity contribution >= 4 is 23.3 Å². The van der Waals surface area contributed by atoms with E-state index in [9.17, 15) is 14.9 Å². The Balaban J connectivity index is 2.32. The summed E-state index contributed by atoms with van der Waals surface area (Å²) in [6.07, 6.45) is 0. The molecule has 1 amide bonds. The number of hydrogen-bond acceptors (Lipinski definition) is 7. The van der Waals surface area contributed by atoms with E-state index in [4.69, 9.17) is 4.52 Å². The van der Waals surface area contributed by atoms with Gasteiger partial charge in [-0.25, -0.2) is 0 Å². The van der Waals surface area contributed by atoms with Crippen LogP contribution in [0.25, 0.3) is 0 Å². The zero-order valence-electron chi connectivity index (χ0n) is 11.4. The van der Waals surface area contributed by atoms with Crippen molar-refractivity contribution in [1.82, 2.24) is 10.1 Å². The smallest absolute Gasteiger partial charge is 0.328 e. The quantitative estimate of drug-likeness (QED) is 0.637. The minimum absolute atomic E-state index is 0.0886. The molecule has 1 aromatic heterocycles. The second-order valence-corrected chi connectivity index (χ2v) is 4.12. The molecule has 0 aliphatic heterocycles. The van der Waals surface area contributed by atoms with Gasteiger partial charge in [0.05, 0.1) is 4.92 Å². The van der Waals surface area contributed by atoms with E-state index >= 15 is 0 Å². The Morgan fingerprint density at radius 2 is 2.24 bits per heavy atom. The molecule has 110 valence electrons. The number of aryl methyl sites for hydroxylation is 1. The van der Waals surface area contributed by atoms with Crippen molar-refractivity contribution in [2.45, 2.75) is 13.8 Å². The number of rotatable bonds is 5. The molecule has 0 bridgehead atoms. The van der Waals surface area contributed by atoms with E-state index in [0.29, 0.717) is 18.1 Å². The normalized spacial score (nSPS) is 10.2. The van der Waals surface area contributed by atoms with Crippen molar-refractivity contribution < 1.29 is 14.2 Å². The average Bonchev–Trinajstić information content (AvgIpc) is 2.84. The summed E-state index contributed by atoms with van der Waals surface area (Å²) in [6, 6.07) is 4.10. The second-order valence-electron chi connectivity index (χ2n) is 4.12. The van der Waals surface area contributed by atoms with Crippen molar-refractivity contribution in [2.75, 3.05) is 17.2 Å². The highest BCUT2D eigenvalue weighted by molar-refractivity contribution is 6.06. The summed E-state index contributed by atoms with van der Waals surface area (Å²) in [5.41, 5.74) is 0.217. The van der Waals surface area contributed by atoms with Crippen LogP contribution in [0.2, 0.25) is 0 Å². The first-order chi connectivity index (χ1) is 10.0. The Labute approximate surface area is 119 Å². The molecule has 2 N–H and O–H groups in total. The van der Waals surface area contributed by atoms with Crippen molar-refractivity contribution in [3.8, 4) is 0 Å². The van der Waals surface area contributed by atoms with Crippen molar-refractivity contribution in [1.29, 1.82) is 0 Å². The Kier molecular flexibility index (Phi) is 4.12. The van der Waals surface area contributed by atoms with Crippen LogP contribution in [-0.2, 0) is 0 Å². The highest BCUT2D eigenvalue weighted by Crippen LogP contribution is 2.23. The fraction of sp³-hybridized carbons (Fsp3) is 0.250. The minimum Gasteiger partial charge on any atom is -0.385 e. The molecule has 2 rings (SSSR count). The maximum Gasteiger partial charge on any atom is 0.328 e. The van der Waals surface area contributed by atoms with E-state index < -0.39 is 10.8 Å². The molecule has 21 heavy (non-hydrogen) atoms. The van der Waals surface area contributed by atoms with Crippen LogP contribution in [0.3, 0.4) is 0 Å². The van der Waals surface area contributed by atoms with Gasteiger partial charge in [-0.3, -0.25) is 20.2 Å². The van der Waals surface area contributed by atoms with Gasteiger partial charge in [0.15, 0.2) is 5.82 Å². The van der Waals surface area contributed by atoms with Gasteiger partial charge in [0.25, 0.3) is 11.6 Å². The number of carbonyl (C=O) groups excluding carboxylic acids is 1. The lowest BCUT2D eigenvalue weighted by Gasteiger charge is -2.06. The third kappa shape index (κ3) is 3.32. The van der Waals surface area contributed by atoms with Gasteiger partial charge < -0.3 is 9.84 Å². The van der Waals surface area contributed by atoms with Gasteiger partial charge in [0.1, 0.15) is 5.56 Å². The molecule has 0 radical (unpaired) electrons. The van der Waals surface area contributed by atoms with E-state index in [1.54, 1.807) is 6.92 Å². The summed E-state index contributed by atoms with van der Waals surface area (Å²) in [5, 5.41) is 19.8. The SMILES string of the molecule is CCNc1ccc([N+](=O)[O-])c(C(=O)Nc2nc(C)no2)c1. The first-order valence-electron chi connectivity index (χ1n) is 6.15. The number of nitrogens with zero attached hydrogens (tertiary/aromatic N) is 3. The molecule has 0 atom stereocenters. The number of nitro benzene ring substituents is 1. The van der Waals surface area contributed by atoms with Gasteiger partial charge >= 0.3 is 6.01 Å². The first-order valence-corrected chi connectivity index (χ1v) is 6.15. The highest BCUT2D eigenvalue weighted by Gasteiger charge is 2.22. The highest BCUT2D eigenvalue weighted by atomic mass is 16.6. The van der Waals surface area contributed by atoms with Crippen LogP contribution in [0.15, 0.2) is 22.7 Å². The molecule has 0 unspecified atom stereocenters. The predicted molar refractivity (Wildman–Crippen MR) is 74.2 cm³/mol. The van der Waals surface area contributed by atoms with Crippen LogP contribution < -0.4 is 10.6 Å². The van der Waals surface area contributed by atoms with Gasteiger partial charge in [0, 0.05) is 18.3 Å². The lowest BCUT2D eigenvalue weighted by atomic mass is 10.1. The monoisotopic (exact) mass is 291 g/mol. The molecule has 0 aliphatic carbocycles. The van der Waals surface area contributed by atoms with E-state index in [1.807, 2.05) is 6.92 Å². The van der Waals surface area contributed by atoms with Crippen LogP contribution >= 0.6 is 0 Å². The minimum atomic E-state index is -0.690. The Hall–Kier alpha value is -2.97. The molecule has 2 aromatic rings. The van der Waals surface area contributed by atoms with Crippen LogP contribution in [0.5, 0.6) is 0 Å². The van der Waals surface area contributed by atoms with Gasteiger partial charge in [-0.1, -0.05) is 5.16 Å². The molecule has 9 heteroatoms. The van der Waals surface area contributed by atoms with Crippen LogP contribution in [0.1, 0.15) is 23.1 Å². The van der Waals surface area contributed by atoms with Gasteiger partial charge in [-0.05, 0) is 26.0 Å². The molecule has 0 spiro atoms. The van der Waals surface area contributed by atoms with E-state index in [2.05, 4.69) is 20.8 Å². The molecule has 0 fully saturated rings. The molecule has 9 nitrogen and oxygen atoms in total. The predicted octanol–water partition coefficient (Wildman–Crippen LogP) is 1.97. The summed E-state index contributed by atoms with van der Waals surface area (Å²) in [6.45, 7) is 4.09. The number of anilines is 2. The average molecular weight is 291 g/mol. The zero-order chi connectivity index (χ0) is 15.4. The van der Waals surface area contributed by atoms with Crippen molar-refractivity contribution in [3.05, 3.63) is 39.7 Å². The summed E-state index contributed by atoms with van der Waals surface area (Å²) in [4.78, 5) is 26.3. The third-order valence-corrected chi connectivity index (χ3v) is 2.57. The first kappa shape index (κ1) is 14.4. The van der Waals surface area contributed by atoms with E-state index in [1.165, 1.54) is 18.2 Å². The second kappa shape index (κ2) is 5.99. The molecular weight excluding hydrogens is 278 g/mol. The Morgan fingerprint density at radius 3 is 2.81 bits per heavy atom. The fourth-order valence-corrected chi connectivity index (χ4v) is 1.70. The lowest BCUT2D eigenvalue weighted by molar-refractivity contribution is -0.385. The van der Waals surface area contributed by atoms with Gasteiger partial charge in [-0.2, -0.15) is 4.98 Å². The standard InChI is InChI=1S/C12H13N5O4/c1-3-13-8-4-5-10(17(19)20)9(6-8)11(18)15-12-14-7(2)16-21-12/h4-6,13H,3H2,1-2H3,(H,14,15,16,18). The van der Waals surface area contributed by atoms with E-state index in [0.717, 1.165) is 0 Å². The Bertz CT molecular complexity index is 682. The third-order valence-electron chi connectivity index (χ3n) is 2.57. The molecule has 0 saturated carbocycles. The fourth-order valence-electron chi connectivity index (χ4n) is 1.70. The molecule has 1 aromatic carbocycles. The number of carbonyl (C=O) groups is 1. The zero-order valence-corrected chi connectivity index (χ0v) is 11.4. The Morgan fingerprint density at radius 1 is 1.48 bits per heavy atom. The maximum atomic E-state index is 12.1. The van der Waals surface area contributed by atoms with Gasteiger partial charge in [-0.15, -0.1) is 0 Å². The lowest BCUT2D eigenvalue weighted by Crippen LogP contribution is -2.15. The van der Waals surface area contributed by atoms with Crippen molar-refractivity contribution in [3.63, 3.8) is 0 Å². The number of hydrogen-bond donors (Lipinski definition) is 2. The largest absolute Gasteiger partial charge is 0.385 e. The van der Waals surface area contributed by atoms with Crippen LogP contribution in [-0.4, -0.2) is 27.5 Å². The number of nitrogens with one attached hydrogen (secondary N) is 2. The summed E-state index contributed by atoms with van der Waals surface area (Å²) in [5.74, 6) is -0.341. The van der Waals surface area contributed by atoms with E-state index in [-0.39, 0.29) is 17.3 Å². The summed E-state index contributed by atoms with van der Waals surface area (Å²) < 4.78 is 4.76. The molecule has 1 heterocycles. The number of amides is 1. The number of aromatic nitrogens is 2. The number of benzene rings is 1. The van der Waals surface area contributed by atoms with Crippen LogP contribution in [0, 0.1) is 17.0 Å².